The predicted molar refractivity (Wildman–Crippen MR) is 29.3 cm³/mol. The van der Waals surface area contributed by atoms with Gasteiger partial charge in [0.05, 0.1) is 12.4 Å². The average molecular weight is 112 g/mol. The van der Waals surface area contributed by atoms with Crippen LogP contribution in [-0.4, -0.2) is 12.9 Å². The summed E-state index contributed by atoms with van der Waals surface area (Å²) in [5.74, 6) is 0.792. The Labute approximate surface area is 48.1 Å². The molecule has 0 saturated heterocycles. The molecule has 8 heavy (non-hydrogen) atoms. The SMILES string of the molecule is CC1=C(C=O)CCO1. The van der Waals surface area contributed by atoms with E-state index in [0.717, 1.165) is 24.0 Å². The van der Waals surface area contributed by atoms with Crippen LogP contribution in [0.4, 0.5) is 0 Å². The summed E-state index contributed by atoms with van der Waals surface area (Å²) in [5.41, 5.74) is 0.810. The summed E-state index contributed by atoms with van der Waals surface area (Å²) < 4.78 is 5.00. The van der Waals surface area contributed by atoms with E-state index in [0.29, 0.717) is 6.61 Å². The summed E-state index contributed by atoms with van der Waals surface area (Å²) >= 11 is 0. The minimum absolute atomic E-state index is 0.680. The summed E-state index contributed by atoms with van der Waals surface area (Å²) in [5, 5.41) is 0. The number of hydrogen-bond donors (Lipinski definition) is 0. The van der Waals surface area contributed by atoms with Crippen molar-refractivity contribution < 1.29 is 9.53 Å². The van der Waals surface area contributed by atoms with Gasteiger partial charge in [-0.15, -0.1) is 0 Å². The molecule has 1 aliphatic rings. The van der Waals surface area contributed by atoms with E-state index in [-0.39, 0.29) is 0 Å². The van der Waals surface area contributed by atoms with Gasteiger partial charge in [-0.2, -0.15) is 0 Å². The van der Waals surface area contributed by atoms with Crippen LogP contribution in [0.25, 0.3) is 0 Å². The maximum atomic E-state index is 10.1. The molecular formula is C6H8O2. The van der Waals surface area contributed by atoms with Crippen molar-refractivity contribution in [2.45, 2.75) is 13.3 Å². The number of hydrogen-bond acceptors (Lipinski definition) is 2. The first-order valence-electron chi connectivity index (χ1n) is 2.62. The minimum atomic E-state index is 0.680. The van der Waals surface area contributed by atoms with E-state index in [1.165, 1.54) is 0 Å². The lowest BCUT2D eigenvalue weighted by Gasteiger charge is -1.90. The van der Waals surface area contributed by atoms with Gasteiger partial charge in [0.15, 0.2) is 0 Å². The van der Waals surface area contributed by atoms with Crippen LogP contribution in [0.1, 0.15) is 13.3 Å². The Hall–Kier alpha value is -0.790. The second-order valence-corrected chi connectivity index (χ2v) is 1.80. The first-order chi connectivity index (χ1) is 3.84. The number of carbonyl (C=O) groups excluding carboxylic acids is 1. The molecule has 0 aliphatic carbocycles. The fourth-order valence-corrected chi connectivity index (χ4v) is 0.725. The zero-order valence-corrected chi connectivity index (χ0v) is 4.81. The molecule has 2 heteroatoms. The molecule has 0 radical (unpaired) electrons. The molecule has 0 fully saturated rings. The lowest BCUT2D eigenvalue weighted by molar-refractivity contribution is -0.105. The maximum absolute atomic E-state index is 10.1. The molecule has 0 saturated carbocycles. The number of carbonyl (C=O) groups is 1. The normalized spacial score (nSPS) is 18.6. The first kappa shape index (κ1) is 5.35. The molecule has 1 rings (SSSR count). The molecular weight excluding hydrogens is 104 g/mol. The number of rotatable bonds is 1. The standard InChI is InChI=1S/C6H8O2/c1-5-6(4-7)2-3-8-5/h4H,2-3H2,1H3. The third-order valence-electron chi connectivity index (χ3n) is 1.28. The fraction of sp³-hybridized carbons (Fsp3) is 0.500. The summed E-state index contributed by atoms with van der Waals surface area (Å²) in [4.78, 5) is 10.1. The molecule has 0 aromatic rings. The Bertz CT molecular complexity index is 135. The molecule has 44 valence electrons. The van der Waals surface area contributed by atoms with E-state index in [1.54, 1.807) is 0 Å². The van der Waals surface area contributed by atoms with Crippen LogP contribution in [0.3, 0.4) is 0 Å². The van der Waals surface area contributed by atoms with E-state index in [9.17, 15) is 4.79 Å². The third kappa shape index (κ3) is 0.735. The summed E-state index contributed by atoms with van der Waals surface area (Å²) in [6.07, 6.45) is 1.65. The lowest BCUT2D eigenvalue weighted by atomic mass is 10.2. The minimum Gasteiger partial charge on any atom is -0.497 e. The second kappa shape index (κ2) is 1.99. The van der Waals surface area contributed by atoms with Crippen molar-refractivity contribution in [2.75, 3.05) is 6.61 Å². The quantitative estimate of drug-likeness (QED) is 0.471. The van der Waals surface area contributed by atoms with Crippen LogP contribution in [-0.2, 0) is 9.53 Å². The van der Waals surface area contributed by atoms with Gasteiger partial charge in [0.2, 0.25) is 0 Å². The lowest BCUT2D eigenvalue weighted by Crippen LogP contribution is -1.79. The second-order valence-electron chi connectivity index (χ2n) is 1.80. The molecule has 0 atom stereocenters. The Morgan fingerprint density at radius 2 is 2.50 bits per heavy atom. The van der Waals surface area contributed by atoms with Crippen LogP contribution in [0.5, 0.6) is 0 Å². The van der Waals surface area contributed by atoms with E-state index in [4.69, 9.17) is 4.74 Å². The summed E-state index contributed by atoms with van der Waals surface area (Å²) in [6, 6.07) is 0. The Morgan fingerprint density at radius 3 is 2.75 bits per heavy atom. The summed E-state index contributed by atoms with van der Waals surface area (Å²) in [6.45, 7) is 2.50. The molecule has 0 spiro atoms. The molecule has 0 amide bonds. The van der Waals surface area contributed by atoms with Crippen LogP contribution in [0.2, 0.25) is 0 Å². The van der Waals surface area contributed by atoms with Gasteiger partial charge in [-0.3, -0.25) is 4.79 Å². The zero-order chi connectivity index (χ0) is 5.98. The van der Waals surface area contributed by atoms with Gasteiger partial charge in [0.1, 0.15) is 6.29 Å². The van der Waals surface area contributed by atoms with Crippen LogP contribution in [0, 0.1) is 0 Å². The topological polar surface area (TPSA) is 26.3 Å². The van der Waals surface area contributed by atoms with Gasteiger partial charge in [-0.05, 0) is 6.92 Å². The van der Waals surface area contributed by atoms with Crippen molar-refractivity contribution in [2.24, 2.45) is 0 Å². The van der Waals surface area contributed by atoms with Gasteiger partial charge in [-0.1, -0.05) is 0 Å². The van der Waals surface area contributed by atoms with Crippen LogP contribution >= 0.6 is 0 Å². The van der Waals surface area contributed by atoms with Gasteiger partial charge in [0.25, 0.3) is 0 Å². The Balaban J connectivity index is 2.72. The zero-order valence-electron chi connectivity index (χ0n) is 4.81. The average Bonchev–Trinajstić information content (AvgIpc) is 2.14. The molecule has 0 unspecified atom stereocenters. The molecule has 0 bridgehead atoms. The Kier molecular flexibility index (Phi) is 1.33. The van der Waals surface area contributed by atoms with Crippen molar-refractivity contribution in [1.29, 1.82) is 0 Å². The number of allylic oxidation sites excluding steroid dienone is 1. The molecule has 0 aromatic carbocycles. The highest BCUT2D eigenvalue weighted by atomic mass is 16.5. The van der Waals surface area contributed by atoms with E-state index in [1.807, 2.05) is 6.92 Å². The summed E-state index contributed by atoms with van der Waals surface area (Å²) in [7, 11) is 0. The highest BCUT2D eigenvalue weighted by molar-refractivity contribution is 5.74. The molecule has 0 aromatic heterocycles. The van der Waals surface area contributed by atoms with Crippen LogP contribution < -0.4 is 0 Å². The maximum Gasteiger partial charge on any atom is 0.149 e. The van der Waals surface area contributed by atoms with Gasteiger partial charge in [-0.25, -0.2) is 0 Å². The van der Waals surface area contributed by atoms with E-state index in [2.05, 4.69) is 0 Å². The van der Waals surface area contributed by atoms with Crippen molar-refractivity contribution >= 4 is 6.29 Å². The molecule has 1 aliphatic heterocycles. The highest BCUT2D eigenvalue weighted by Crippen LogP contribution is 2.15. The highest BCUT2D eigenvalue weighted by Gasteiger charge is 2.09. The fourth-order valence-electron chi connectivity index (χ4n) is 0.725. The Morgan fingerprint density at radius 1 is 1.75 bits per heavy atom. The van der Waals surface area contributed by atoms with Gasteiger partial charge >= 0.3 is 0 Å². The van der Waals surface area contributed by atoms with Crippen LogP contribution in [0.15, 0.2) is 11.3 Å². The van der Waals surface area contributed by atoms with Crippen molar-refractivity contribution in [3.05, 3.63) is 11.3 Å². The predicted octanol–water partition coefficient (Wildman–Crippen LogP) is 0.880. The smallest absolute Gasteiger partial charge is 0.149 e. The van der Waals surface area contributed by atoms with Crippen molar-refractivity contribution in [1.82, 2.24) is 0 Å². The van der Waals surface area contributed by atoms with E-state index < -0.39 is 0 Å². The monoisotopic (exact) mass is 112 g/mol. The van der Waals surface area contributed by atoms with Gasteiger partial charge < -0.3 is 4.74 Å². The van der Waals surface area contributed by atoms with E-state index >= 15 is 0 Å². The molecule has 2 nitrogen and oxygen atoms in total. The first-order valence-corrected chi connectivity index (χ1v) is 2.62. The molecule has 0 N–H and O–H groups in total. The molecule has 1 heterocycles. The van der Waals surface area contributed by atoms with Crippen molar-refractivity contribution in [3.8, 4) is 0 Å². The number of ether oxygens (including phenoxy) is 1. The largest absolute Gasteiger partial charge is 0.497 e. The van der Waals surface area contributed by atoms with Crippen molar-refractivity contribution in [3.63, 3.8) is 0 Å². The van der Waals surface area contributed by atoms with Gasteiger partial charge in [0, 0.05) is 12.0 Å². The number of aldehydes is 1. The third-order valence-corrected chi connectivity index (χ3v) is 1.28.